The molecule has 1 saturated carbocycles. The lowest BCUT2D eigenvalue weighted by Crippen LogP contribution is -2.29. The molecule has 0 spiro atoms. The number of azide groups is 1. The van der Waals surface area contributed by atoms with Crippen LogP contribution in [-0.4, -0.2) is 17.8 Å². The third-order valence-electron chi connectivity index (χ3n) is 3.31. The third kappa shape index (κ3) is 2.89. The Balaban J connectivity index is 2.51. The molecule has 0 radical (unpaired) electrons. The van der Waals surface area contributed by atoms with Gasteiger partial charge in [0.25, 0.3) is 0 Å². The minimum absolute atomic E-state index is 0.0187. The summed E-state index contributed by atoms with van der Waals surface area (Å²) in [5, 5.41) is 12.7. The zero-order valence-corrected chi connectivity index (χ0v) is 8.98. The monoisotopic (exact) mass is 197 g/mol. The summed E-state index contributed by atoms with van der Waals surface area (Å²) in [5.41, 5.74) is 8.77. The molecule has 1 atom stereocenters. The van der Waals surface area contributed by atoms with Crippen molar-refractivity contribution in [3.05, 3.63) is 10.4 Å². The van der Waals surface area contributed by atoms with Gasteiger partial charge in [0, 0.05) is 4.91 Å². The highest BCUT2D eigenvalue weighted by atomic mass is 16.3. The molecule has 1 fully saturated rings. The summed E-state index contributed by atoms with van der Waals surface area (Å²) >= 11 is 0. The summed E-state index contributed by atoms with van der Waals surface area (Å²) in [6, 6.07) is -0.212. The molecule has 0 amide bonds. The molecule has 0 heterocycles. The maximum atomic E-state index is 9.07. The number of rotatable bonds is 3. The summed E-state index contributed by atoms with van der Waals surface area (Å²) < 4.78 is 0. The second-order valence-electron chi connectivity index (χ2n) is 4.96. The van der Waals surface area contributed by atoms with Crippen molar-refractivity contribution in [2.24, 2.45) is 16.4 Å². The van der Waals surface area contributed by atoms with Crippen LogP contribution in [0.15, 0.2) is 5.11 Å². The average molecular weight is 197 g/mol. The van der Waals surface area contributed by atoms with E-state index in [0.717, 1.165) is 25.7 Å². The molecule has 1 aliphatic carbocycles. The molecule has 80 valence electrons. The van der Waals surface area contributed by atoms with Crippen molar-refractivity contribution >= 4 is 0 Å². The topological polar surface area (TPSA) is 69.0 Å². The minimum Gasteiger partial charge on any atom is -0.396 e. The van der Waals surface area contributed by atoms with Crippen molar-refractivity contribution in [1.82, 2.24) is 0 Å². The van der Waals surface area contributed by atoms with Gasteiger partial charge in [-0.05, 0) is 42.5 Å². The molecule has 1 aliphatic rings. The first kappa shape index (κ1) is 11.3. The molecule has 1 N–H and O–H groups in total. The minimum atomic E-state index is -0.212. The van der Waals surface area contributed by atoms with E-state index in [4.69, 9.17) is 10.6 Å². The van der Waals surface area contributed by atoms with Crippen LogP contribution >= 0.6 is 0 Å². The summed E-state index contributed by atoms with van der Waals surface area (Å²) in [6.45, 7) is 4.52. The molecule has 1 unspecified atom stereocenters. The second kappa shape index (κ2) is 4.67. The van der Waals surface area contributed by atoms with Crippen molar-refractivity contribution in [3.8, 4) is 0 Å². The van der Waals surface area contributed by atoms with Crippen LogP contribution in [0.1, 0.15) is 39.5 Å². The van der Waals surface area contributed by atoms with E-state index in [2.05, 4.69) is 23.9 Å². The first-order chi connectivity index (χ1) is 6.59. The second-order valence-corrected chi connectivity index (χ2v) is 4.96. The average Bonchev–Trinajstić information content (AvgIpc) is 2.15. The van der Waals surface area contributed by atoms with Crippen molar-refractivity contribution in [2.45, 2.75) is 45.6 Å². The Bertz CT molecular complexity index is 224. The number of nitrogens with zero attached hydrogens (tertiary/aromatic N) is 3. The van der Waals surface area contributed by atoms with Gasteiger partial charge >= 0.3 is 0 Å². The fourth-order valence-corrected chi connectivity index (χ4v) is 2.15. The van der Waals surface area contributed by atoms with Gasteiger partial charge in [-0.25, -0.2) is 0 Å². The molecule has 0 aliphatic heterocycles. The van der Waals surface area contributed by atoms with E-state index >= 15 is 0 Å². The van der Waals surface area contributed by atoms with Crippen LogP contribution in [0.2, 0.25) is 0 Å². The summed E-state index contributed by atoms with van der Waals surface area (Å²) in [6.07, 6.45) is 4.46. The van der Waals surface area contributed by atoms with Crippen molar-refractivity contribution < 1.29 is 5.11 Å². The van der Waals surface area contributed by atoms with Crippen LogP contribution in [0.3, 0.4) is 0 Å². The molecule has 0 aromatic rings. The van der Waals surface area contributed by atoms with Gasteiger partial charge in [0.2, 0.25) is 0 Å². The zero-order chi connectivity index (χ0) is 10.6. The van der Waals surface area contributed by atoms with Crippen molar-refractivity contribution in [2.75, 3.05) is 6.61 Å². The Morgan fingerprint density at radius 1 is 1.50 bits per heavy atom. The van der Waals surface area contributed by atoms with E-state index in [1.807, 2.05) is 0 Å². The molecule has 0 saturated heterocycles. The molecule has 0 aromatic heterocycles. The van der Waals surface area contributed by atoms with E-state index in [0.29, 0.717) is 11.3 Å². The molecule has 0 bridgehead atoms. The molecule has 14 heavy (non-hydrogen) atoms. The van der Waals surface area contributed by atoms with E-state index in [-0.39, 0.29) is 12.6 Å². The Morgan fingerprint density at radius 3 is 2.50 bits per heavy atom. The molecule has 0 aromatic carbocycles. The highest BCUT2D eigenvalue weighted by molar-refractivity contribution is 4.85. The third-order valence-corrected chi connectivity index (χ3v) is 3.31. The first-order valence-corrected chi connectivity index (χ1v) is 5.24. The van der Waals surface area contributed by atoms with Crippen LogP contribution in [0, 0.1) is 11.3 Å². The summed E-state index contributed by atoms with van der Waals surface area (Å²) in [5.74, 6) is 0.379. The normalized spacial score (nSPS) is 23.9. The predicted octanol–water partition coefficient (Wildman–Crippen LogP) is 2.87. The SMILES string of the molecule is CC1(C)CCC(C(CO)N=[N+]=[N-])CC1. The Labute approximate surface area is 84.9 Å². The lowest BCUT2D eigenvalue weighted by Gasteiger charge is -2.36. The van der Waals surface area contributed by atoms with Crippen molar-refractivity contribution in [1.29, 1.82) is 0 Å². The van der Waals surface area contributed by atoms with Gasteiger partial charge in [-0.15, -0.1) is 0 Å². The van der Waals surface area contributed by atoms with E-state index in [9.17, 15) is 0 Å². The maximum Gasteiger partial charge on any atom is 0.0633 e. The highest BCUT2D eigenvalue weighted by Gasteiger charge is 2.30. The van der Waals surface area contributed by atoms with Crippen LogP contribution in [0.4, 0.5) is 0 Å². The standard InChI is InChI=1S/C10H19N3O/c1-10(2)5-3-8(4-6-10)9(7-14)12-13-11/h8-9,14H,3-7H2,1-2H3. The lowest BCUT2D eigenvalue weighted by atomic mass is 9.71. The zero-order valence-electron chi connectivity index (χ0n) is 8.98. The van der Waals surface area contributed by atoms with E-state index < -0.39 is 0 Å². The first-order valence-electron chi connectivity index (χ1n) is 5.24. The highest BCUT2D eigenvalue weighted by Crippen LogP contribution is 2.39. The molecular formula is C10H19N3O. The van der Waals surface area contributed by atoms with Crippen LogP contribution in [0.25, 0.3) is 10.4 Å². The number of aliphatic hydroxyl groups is 1. The van der Waals surface area contributed by atoms with Gasteiger partial charge in [-0.2, -0.15) is 0 Å². The molecule has 4 nitrogen and oxygen atoms in total. The van der Waals surface area contributed by atoms with E-state index in [1.54, 1.807) is 0 Å². The van der Waals surface area contributed by atoms with Gasteiger partial charge < -0.3 is 5.11 Å². The number of hydrogen-bond donors (Lipinski definition) is 1. The van der Waals surface area contributed by atoms with Crippen molar-refractivity contribution in [3.63, 3.8) is 0 Å². The van der Waals surface area contributed by atoms with Gasteiger partial charge in [0.05, 0.1) is 12.6 Å². The van der Waals surface area contributed by atoms with Crippen LogP contribution in [0.5, 0.6) is 0 Å². The van der Waals surface area contributed by atoms with E-state index in [1.165, 1.54) is 0 Å². The Hall–Kier alpha value is -0.730. The van der Waals surface area contributed by atoms with Crippen LogP contribution in [-0.2, 0) is 0 Å². The number of hydrogen-bond acceptors (Lipinski definition) is 2. The molecule has 1 rings (SSSR count). The van der Waals surface area contributed by atoms with Gasteiger partial charge in [-0.3, -0.25) is 0 Å². The Morgan fingerprint density at radius 2 is 2.07 bits per heavy atom. The fraction of sp³-hybridized carbons (Fsp3) is 1.00. The smallest absolute Gasteiger partial charge is 0.0633 e. The fourth-order valence-electron chi connectivity index (χ4n) is 2.15. The maximum absolute atomic E-state index is 9.07. The summed E-state index contributed by atoms with van der Waals surface area (Å²) in [7, 11) is 0. The van der Waals surface area contributed by atoms with Gasteiger partial charge in [0.1, 0.15) is 0 Å². The Kier molecular flexibility index (Phi) is 3.78. The largest absolute Gasteiger partial charge is 0.396 e. The lowest BCUT2D eigenvalue weighted by molar-refractivity contribution is 0.142. The number of aliphatic hydroxyl groups excluding tert-OH is 1. The van der Waals surface area contributed by atoms with Gasteiger partial charge in [-0.1, -0.05) is 19.0 Å². The van der Waals surface area contributed by atoms with Crippen LogP contribution < -0.4 is 0 Å². The molecule has 4 heteroatoms. The quantitative estimate of drug-likeness (QED) is 0.422. The van der Waals surface area contributed by atoms with Gasteiger partial charge in [0.15, 0.2) is 0 Å². The predicted molar refractivity (Wildman–Crippen MR) is 55.8 cm³/mol. The summed E-state index contributed by atoms with van der Waals surface area (Å²) in [4.78, 5) is 2.78. The molecular weight excluding hydrogens is 178 g/mol.